The van der Waals surface area contributed by atoms with Crippen LogP contribution in [-0.2, 0) is 9.53 Å². The Hall–Kier alpha value is -0.650. The molecule has 2 saturated heterocycles. The van der Waals surface area contributed by atoms with Crippen LogP contribution in [0.2, 0.25) is 0 Å². The van der Waals surface area contributed by atoms with E-state index in [2.05, 4.69) is 4.90 Å². The monoisotopic (exact) mass is 311 g/mol. The average Bonchev–Trinajstić information content (AvgIpc) is 2.81. The van der Waals surface area contributed by atoms with E-state index >= 15 is 0 Å². The van der Waals surface area contributed by atoms with E-state index in [9.17, 15) is 4.79 Å². The van der Waals surface area contributed by atoms with E-state index in [1.807, 2.05) is 4.90 Å². The molecule has 2 aliphatic rings. The van der Waals surface area contributed by atoms with Crippen molar-refractivity contribution in [2.24, 2.45) is 11.7 Å². The fourth-order valence-electron chi connectivity index (χ4n) is 3.71. The summed E-state index contributed by atoms with van der Waals surface area (Å²) >= 11 is 0. The zero-order valence-corrected chi connectivity index (χ0v) is 14.1. The van der Waals surface area contributed by atoms with Crippen LogP contribution in [0, 0.1) is 5.92 Å². The number of hydrogen-bond acceptors (Lipinski definition) is 4. The van der Waals surface area contributed by atoms with Gasteiger partial charge in [-0.25, -0.2) is 0 Å². The van der Waals surface area contributed by atoms with Crippen LogP contribution < -0.4 is 5.73 Å². The van der Waals surface area contributed by atoms with E-state index in [0.717, 1.165) is 26.1 Å². The minimum atomic E-state index is -0.140. The van der Waals surface area contributed by atoms with E-state index in [0.29, 0.717) is 18.9 Å². The molecule has 1 amide bonds. The number of amides is 1. The summed E-state index contributed by atoms with van der Waals surface area (Å²) in [4.78, 5) is 17.0. The Bertz CT molecular complexity index is 326. The maximum Gasteiger partial charge on any atom is 0.225 e. The highest BCUT2D eigenvalue weighted by atomic mass is 16.5. The molecule has 5 nitrogen and oxygen atoms in total. The van der Waals surface area contributed by atoms with Crippen LogP contribution in [-0.4, -0.2) is 68.2 Å². The predicted molar refractivity (Wildman–Crippen MR) is 88.7 cm³/mol. The second-order valence-electron chi connectivity index (χ2n) is 6.86. The van der Waals surface area contributed by atoms with Gasteiger partial charge in [-0.05, 0) is 44.7 Å². The van der Waals surface area contributed by atoms with Gasteiger partial charge in [-0.3, -0.25) is 4.79 Å². The molecule has 22 heavy (non-hydrogen) atoms. The molecule has 0 spiro atoms. The van der Waals surface area contributed by atoms with Crippen LogP contribution >= 0.6 is 0 Å². The fraction of sp³-hybridized carbons (Fsp3) is 0.941. The molecule has 0 aliphatic carbocycles. The summed E-state index contributed by atoms with van der Waals surface area (Å²) in [6, 6.07) is 0. The Morgan fingerprint density at radius 2 is 1.91 bits per heavy atom. The molecule has 0 aromatic carbocycles. The lowest BCUT2D eigenvalue weighted by atomic mass is 9.96. The number of carbonyl (C=O) groups is 1. The lowest BCUT2D eigenvalue weighted by Crippen LogP contribution is -2.45. The van der Waals surface area contributed by atoms with Crippen molar-refractivity contribution in [3.05, 3.63) is 0 Å². The Morgan fingerprint density at radius 1 is 1.18 bits per heavy atom. The number of ether oxygens (including phenoxy) is 1. The van der Waals surface area contributed by atoms with Gasteiger partial charge in [0.15, 0.2) is 0 Å². The molecule has 2 atom stereocenters. The first-order chi connectivity index (χ1) is 10.7. The van der Waals surface area contributed by atoms with Crippen molar-refractivity contribution in [1.82, 2.24) is 9.80 Å². The van der Waals surface area contributed by atoms with Crippen molar-refractivity contribution in [1.29, 1.82) is 0 Å². The Kier molecular flexibility index (Phi) is 7.63. The number of hydrogen-bond donors (Lipinski definition) is 1. The maximum atomic E-state index is 12.4. The van der Waals surface area contributed by atoms with Crippen LogP contribution in [0.4, 0.5) is 0 Å². The number of methoxy groups -OCH3 is 1. The van der Waals surface area contributed by atoms with Crippen LogP contribution in [0.15, 0.2) is 0 Å². The third-order valence-corrected chi connectivity index (χ3v) is 5.09. The molecule has 0 aromatic heterocycles. The molecule has 2 N–H and O–H groups in total. The van der Waals surface area contributed by atoms with Gasteiger partial charge in [0.25, 0.3) is 0 Å². The van der Waals surface area contributed by atoms with Crippen LogP contribution in [0.25, 0.3) is 0 Å². The SMILES string of the molecule is COC(CN)CC(=O)N1CCCC(CN2CCCCCC2)C1. The summed E-state index contributed by atoms with van der Waals surface area (Å²) in [5, 5.41) is 0. The van der Waals surface area contributed by atoms with Crippen molar-refractivity contribution in [2.75, 3.05) is 46.4 Å². The van der Waals surface area contributed by atoms with Crippen LogP contribution in [0.5, 0.6) is 0 Å². The Balaban J connectivity index is 1.79. The molecule has 0 radical (unpaired) electrons. The van der Waals surface area contributed by atoms with Crippen molar-refractivity contribution in [3.63, 3.8) is 0 Å². The molecule has 2 heterocycles. The second kappa shape index (κ2) is 9.48. The average molecular weight is 311 g/mol. The summed E-state index contributed by atoms with van der Waals surface area (Å²) in [5.74, 6) is 0.840. The van der Waals surface area contributed by atoms with Crippen molar-refractivity contribution in [3.8, 4) is 0 Å². The minimum absolute atomic E-state index is 0.140. The normalized spacial score (nSPS) is 25.7. The summed E-state index contributed by atoms with van der Waals surface area (Å²) in [7, 11) is 1.63. The third kappa shape index (κ3) is 5.52. The lowest BCUT2D eigenvalue weighted by molar-refractivity contribution is -0.135. The largest absolute Gasteiger partial charge is 0.380 e. The maximum absolute atomic E-state index is 12.4. The van der Waals surface area contributed by atoms with E-state index < -0.39 is 0 Å². The molecule has 0 bridgehead atoms. The first-order valence-electron chi connectivity index (χ1n) is 8.96. The first-order valence-corrected chi connectivity index (χ1v) is 8.96. The van der Waals surface area contributed by atoms with Gasteiger partial charge in [-0.2, -0.15) is 0 Å². The molecular weight excluding hydrogens is 278 g/mol. The highest BCUT2D eigenvalue weighted by molar-refractivity contribution is 5.76. The molecule has 2 aliphatic heterocycles. The highest BCUT2D eigenvalue weighted by Gasteiger charge is 2.26. The van der Waals surface area contributed by atoms with Crippen LogP contribution in [0.3, 0.4) is 0 Å². The molecule has 0 aromatic rings. The Morgan fingerprint density at radius 3 is 2.55 bits per heavy atom. The number of piperidine rings is 1. The van der Waals surface area contributed by atoms with Crippen molar-refractivity contribution in [2.45, 2.75) is 51.0 Å². The van der Waals surface area contributed by atoms with Crippen molar-refractivity contribution >= 4 is 5.91 Å². The topological polar surface area (TPSA) is 58.8 Å². The standard InChI is InChI=1S/C17H33N3O2/c1-22-16(12-18)11-17(21)20-10-6-7-15(14-20)13-19-8-4-2-3-5-9-19/h15-16H,2-14,18H2,1H3. The summed E-state index contributed by atoms with van der Waals surface area (Å²) in [6.07, 6.45) is 8.09. The van der Waals surface area contributed by atoms with Gasteiger partial charge in [-0.15, -0.1) is 0 Å². The van der Waals surface area contributed by atoms with Gasteiger partial charge in [0.1, 0.15) is 0 Å². The van der Waals surface area contributed by atoms with Crippen molar-refractivity contribution < 1.29 is 9.53 Å². The van der Waals surface area contributed by atoms with E-state index in [4.69, 9.17) is 10.5 Å². The van der Waals surface area contributed by atoms with E-state index in [1.165, 1.54) is 45.2 Å². The first kappa shape index (κ1) is 17.7. The molecule has 128 valence electrons. The van der Waals surface area contributed by atoms with Crippen LogP contribution in [0.1, 0.15) is 44.9 Å². The lowest BCUT2D eigenvalue weighted by Gasteiger charge is -2.36. The van der Waals surface area contributed by atoms with Gasteiger partial charge in [0.2, 0.25) is 5.91 Å². The zero-order chi connectivity index (χ0) is 15.8. The molecule has 2 rings (SSSR count). The quantitative estimate of drug-likeness (QED) is 0.807. The van der Waals surface area contributed by atoms with Gasteiger partial charge in [-0.1, -0.05) is 12.8 Å². The van der Waals surface area contributed by atoms with E-state index in [-0.39, 0.29) is 12.0 Å². The summed E-state index contributed by atoms with van der Waals surface area (Å²) in [6.45, 7) is 5.86. The zero-order valence-electron chi connectivity index (χ0n) is 14.1. The number of carbonyl (C=O) groups excluding carboxylic acids is 1. The molecule has 2 unspecified atom stereocenters. The number of nitrogens with zero attached hydrogens (tertiary/aromatic N) is 2. The summed E-state index contributed by atoms with van der Waals surface area (Å²) in [5.41, 5.74) is 5.62. The number of nitrogens with two attached hydrogens (primary N) is 1. The van der Waals surface area contributed by atoms with Gasteiger partial charge in [0.05, 0.1) is 12.5 Å². The smallest absolute Gasteiger partial charge is 0.225 e. The fourth-order valence-corrected chi connectivity index (χ4v) is 3.71. The van der Waals surface area contributed by atoms with Gasteiger partial charge >= 0.3 is 0 Å². The number of likely N-dealkylation sites (tertiary alicyclic amines) is 2. The molecular formula is C17H33N3O2. The second-order valence-corrected chi connectivity index (χ2v) is 6.86. The molecule has 2 fully saturated rings. The van der Waals surface area contributed by atoms with Gasteiger partial charge in [0, 0.05) is 33.3 Å². The van der Waals surface area contributed by atoms with E-state index in [1.54, 1.807) is 7.11 Å². The Labute approximate surface area is 135 Å². The van der Waals surface area contributed by atoms with Gasteiger partial charge < -0.3 is 20.3 Å². The molecule has 5 heteroatoms. The number of rotatable bonds is 6. The third-order valence-electron chi connectivity index (χ3n) is 5.09. The predicted octanol–water partition coefficient (Wildman–Crippen LogP) is 1.46. The minimum Gasteiger partial charge on any atom is -0.380 e. The summed E-state index contributed by atoms with van der Waals surface area (Å²) < 4.78 is 5.24. The highest BCUT2D eigenvalue weighted by Crippen LogP contribution is 2.20. The molecule has 0 saturated carbocycles.